The van der Waals surface area contributed by atoms with Gasteiger partial charge in [0, 0.05) is 22.3 Å². The lowest BCUT2D eigenvalue weighted by Gasteiger charge is -2.39. The van der Waals surface area contributed by atoms with Gasteiger partial charge in [-0.05, 0) is 32.4 Å². The number of aliphatic hydroxyl groups is 2. The minimum absolute atomic E-state index is 0.0832. The van der Waals surface area contributed by atoms with E-state index in [1.54, 1.807) is 27.7 Å². The predicted octanol–water partition coefficient (Wildman–Crippen LogP) is -0.806. The lowest BCUT2D eigenvalue weighted by molar-refractivity contribution is -0.139. The molecule has 158 valence electrons. The van der Waals surface area contributed by atoms with E-state index in [9.17, 15) is 34.5 Å². The summed E-state index contributed by atoms with van der Waals surface area (Å²) >= 11 is 0. The third-order valence-electron chi connectivity index (χ3n) is 6.82. The molecule has 1 aliphatic heterocycles. The Balaban J connectivity index is 2.26. The molecule has 8 nitrogen and oxygen atoms in total. The molecule has 0 bridgehead atoms. The zero-order chi connectivity index (χ0) is 22.5. The lowest BCUT2D eigenvalue weighted by atomic mass is 9.63. The van der Waals surface area contributed by atoms with Crippen LogP contribution in [-0.4, -0.2) is 55.8 Å². The average Bonchev–Trinajstić information content (AvgIpc) is 2.80. The maximum atomic E-state index is 13.6. The molecule has 1 heterocycles. The highest BCUT2D eigenvalue weighted by Crippen LogP contribution is 2.52. The standard InChI is InChI=1S/C22H22O8/c1-8-6-11(24)13-14-12(8)19-22(29,20(4,5)10(3)30-19)18(27)15(14)17(26)21(28,16(13)25)7-9(2)23/h6,10,24,28-29H,7H2,1-5H3/t10-,21-,22+/m1/s1. The number of ketones is 4. The summed E-state index contributed by atoms with van der Waals surface area (Å²) in [4.78, 5) is 51.7. The van der Waals surface area contributed by atoms with Crippen LogP contribution in [0.3, 0.4) is 0 Å². The van der Waals surface area contributed by atoms with Gasteiger partial charge in [-0.2, -0.15) is 0 Å². The van der Waals surface area contributed by atoms with E-state index >= 15 is 0 Å². The van der Waals surface area contributed by atoms with Gasteiger partial charge in [-0.25, -0.2) is 0 Å². The highest BCUT2D eigenvalue weighted by atomic mass is 16.5. The lowest BCUT2D eigenvalue weighted by Crippen LogP contribution is -2.65. The molecule has 8 heteroatoms. The normalized spacial score (nSPS) is 31.4. The van der Waals surface area contributed by atoms with Crippen LogP contribution in [-0.2, 0) is 19.1 Å². The molecule has 0 amide bonds. The van der Waals surface area contributed by atoms with Crippen LogP contribution in [0.4, 0.5) is 0 Å². The van der Waals surface area contributed by atoms with Gasteiger partial charge in [-0.3, -0.25) is 19.2 Å². The van der Waals surface area contributed by atoms with Crippen LogP contribution >= 0.6 is 0 Å². The zero-order valence-corrected chi connectivity index (χ0v) is 17.2. The van der Waals surface area contributed by atoms with Gasteiger partial charge in [-0.1, -0.05) is 13.8 Å². The van der Waals surface area contributed by atoms with E-state index < -0.39 is 69.2 Å². The number of phenolic OH excluding ortho intramolecular Hbond substituents is 1. The minimum atomic E-state index is -2.84. The van der Waals surface area contributed by atoms with Gasteiger partial charge < -0.3 is 20.1 Å². The van der Waals surface area contributed by atoms with Crippen molar-refractivity contribution >= 4 is 34.5 Å². The summed E-state index contributed by atoms with van der Waals surface area (Å²) < 4.78 is 5.87. The summed E-state index contributed by atoms with van der Waals surface area (Å²) in [6, 6.07) is 1.25. The molecule has 0 aromatic heterocycles. The van der Waals surface area contributed by atoms with Crippen molar-refractivity contribution in [2.75, 3.05) is 0 Å². The number of aromatic hydroxyl groups is 1. The Morgan fingerprint density at radius 1 is 1.10 bits per heavy atom. The van der Waals surface area contributed by atoms with Crippen molar-refractivity contribution in [3.8, 4) is 5.75 Å². The Hall–Kier alpha value is -2.84. The van der Waals surface area contributed by atoms with Crippen LogP contribution in [0.1, 0.15) is 50.0 Å². The topological polar surface area (TPSA) is 138 Å². The fourth-order valence-corrected chi connectivity index (χ4v) is 4.75. The average molecular weight is 414 g/mol. The summed E-state index contributed by atoms with van der Waals surface area (Å²) in [5.74, 6) is -4.71. The Bertz CT molecular complexity index is 1220. The molecular weight excluding hydrogens is 392 g/mol. The van der Waals surface area contributed by atoms with Crippen LogP contribution < -0.4 is 10.4 Å². The SMILES string of the molecule is CC(=O)C[C@]1(O)C(=O)C2=c3c(c(O)cc(C)c3=C3O[C@H](C)C(C)(C)[C@]3(O)C2=O)C1=O. The van der Waals surface area contributed by atoms with Crippen molar-refractivity contribution in [1.29, 1.82) is 0 Å². The molecule has 0 unspecified atom stereocenters. The number of aryl methyl sites for hydroxylation is 1. The van der Waals surface area contributed by atoms with Gasteiger partial charge in [0.2, 0.25) is 17.3 Å². The molecular formula is C22H22O8. The Morgan fingerprint density at radius 3 is 2.27 bits per heavy atom. The molecule has 30 heavy (non-hydrogen) atoms. The number of rotatable bonds is 2. The molecule has 2 aliphatic carbocycles. The predicted molar refractivity (Wildman–Crippen MR) is 103 cm³/mol. The zero-order valence-electron chi connectivity index (χ0n) is 17.2. The van der Waals surface area contributed by atoms with Crippen LogP contribution in [0.25, 0.3) is 11.3 Å². The van der Waals surface area contributed by atoms with Crippen molar-refractivity contribution in [3.05, 3.63) is 27.6 Å². The van der Waals surface area contributed by atoms with E-state index in [4.69, 9.17) is 4.74 Å². The Kier molecular flexibility index (Phi) is 3.85. The summed E-state index contributed by atoms with van der Waals surface area (Å²) in [6.07, 6.45) is -1.47. The van der Waals surface area contributed by atoms with Gasteiger partial charge in [0.1, 0.15) is 23.4 Å². The first kappa shape index (κ1) is 20.4. The number of fused-ring (bicyclic) bond motifs is 1. The molecule has 1 aromatic rings. The van der Waals surface area contributed by atoms with Crippen LogP contribution in [0.5, 0.6) is 5.75 Å². The van der Waals surface area contributed by atoms with Crippen molar-refractivity contribution in [2.45, 2.75) is 58.3 Å². The van der Waals surface area contributed by atoms with Crippen molar-refractivity contribution in [2.24, 2.45) is 5.41 Å². The third kappa shape index (κ3) is 2.03. The van der Waals surface area contributed by atoms with Crippen LogP contribution in [0.2, 0.25) is 0 Å². The number of carbonyl (C=O) groups excluding carboxylic acids is 4. The van der Waals surface area contributed by atoms with E-state index in [-0.39, 0.29) is 16.2 Å². The fraction of sp³-hybridized carbons (Fsp3) is 0.455. The second-order valence-electron chi connectivity index (χ2n) is 8.96. The number of carbonyl (C=O) groups is 4. The van der Waals surface area contributed by atoms with Crippen molar-refractivity contribution in [1.82, 2.24) is 0 Å². The molecule has 1 aromatic carbocycles. The smallest absolute Gasteiger partial charge is 0.207 e. The number of hydrogen-bond donors (Lipinski definition) is 3. The molecule has 3 atom stereocenters. The summed E-state index contributed by atoms with van der Waals surface area (Å²) in [7, 11) is 0. The second-order valence-corrected chi connectivity index (χ2v) is 8.96. The summed E-state index contributed by atoms with van der Waals surface area (Å²) in [5, 5.41) is 33.0. The Labute approximate surface area is 171 Å². The van der Waals surface area contributed by atoms with Gasteiger partial charge in [0.15, 0.2) is 11.2 Å². The van der Waals surface area contributed by atoms with Crippen molar-refractivity contribution < 1.29 is 39.2 Å². The van der Waals surface area contributed by atoms with Crippen LogP contribution in [0, 0.1) is 12.3 Å². The van der Waals surface area contributed by atoms with E-state index in [1.807, 2.05) is 0 Å². The first-order chi connectivity index (χ1) is 13.7. The van der Waals surface area contributed by atoms with Crippen LogP contribution in [0.15, 0.2) is 6.07 Å². The van der Waals surface area contributed by atoms with Gasteiger partial charge in [0.05, 0.1) is 11.1 Å². The first-order valence-electron chi connectivity index (χ1n) is 9.58. The monoisotopic (exact) mass is 414 g/mol. The third-order valence-corrected chi connectivity index (χ3v) is 6.82. The van der Waals surface area contributed by atoms with Crippen molar-refractivity contribution in [3.63, 3.8) is 0 Å². The number of phenols is 1. The molecule has 3 N–H and O–H groups in total. The maximum Gasteiger partial charge on any atom is 0.207 e. The largest absolute Gasteiger partial charge is 0.507 e. The fourth-order valence-electron chi connectivity index (χ4n) is 4.75. The number of benzene rings is 1. The highest BCUT2D eigenvalue weighted by Gasteiger charge is 2.67. The van der Waals surface area contributed by atoms with Gasteiger partial charge >= 0.3 is 0 Å². The van der Waals surface area contributed by atoms with E-state index in [1.165, 1.54) is 6.07 Å². The molecule has 0 spiro atoms. The quantitative estimate of drug-likeness (QED) is 0.535. The molecule has 0 radical (unpaired) electrons. The second kappa shape index (κ2) is 5.65. The van der Waals surface area contributed by atoms with E-state index in [2.05, 4.69) is 0 Å². The summed E-state index contributed by atoms with van der Waals surface area (Å²) in [6.45, 7) is 7.58. The number of ether oxygens (including phenoxy) is 1. The summed E-state index contributed by atoms with van der Waals surface area (Å²) in [5.41, 5.74) is -6.85. The van der Waals surface area contributed by atoms with Gasteiger partial charge in [0.25, 0.3) is 0 Å². The molecule has 1 fully saturated rings. The highest BCUT2D eigenvalue weighted by molar-refractivity contribution is 6.52. The molecule has 1 saturated heterocycles. The Morgan fingerprint density at radius 2 is 1.70 bits per heavy atom. The molecule has 3 aliphatic rings. The number of hydrogen-bond acceptors (Lipinski definition) is 8. The molecule has 4 rings (SSSR count). The van der Waals surface area contributed by atoms with E-state index in [0.717, 1.165) is 6.92 Å². The first-order valence-corrected chi connectivity index (χ1v) is 9.58. The van der Waals surface area contributed by atoms with E-state index in [0.29, 0.717) is 5.56 Å². The number of Topliss-reactive ketones (excluding diaryl/α,β-unsaturated/α-hetero) is 4. The van der Waals surface area contributed by atoms with Gasteiger partial charge in [-0.15, -0.1) is 0 Å². The molecule has 0 saturated carbocycles. The minimum Gasteiger partial charge on any atom is -0.507 e. The maximum absolute atomic E-state index is 13.6.